The number of methoxy groups -OCH3 is 1. The third-order valence-corrected chi connectivity index (χ3v) is 4.06. The van der Waals surface area contributed by atoms with E-state index in [1.165, 1.54) is 7.11 Å². The Balaban J connectivity index is 2.00. The second kappa shape index (κ2) is 3.60. The van der Waals surface area contributed by atoms with E-state index in [0.29, 0.717) is 0 Å². The summed E-state index contributed by atoms with van der Waals surface area (Å²) < 4.78 is 47.5. The van der Waals surface area contributed by atoms with Crippen LogP contribution in [0.2, 0.25) is 0 Å². The molecule has 2 rings (SSSR count). The molecule has 0 aromatic heterocycles. The first kappa shape index (κ1) is 12.7. The average Bonchev–Trinajstić information content (AvgIpc) is 2.83. The van der Waals surface area contributed by atoms with Gasteiger partial charge in [0.25, 0.3) is 0 Å². The Labute approximate surface area is 97.3 Å². The van der Waals surface area contributed by atoms with E-state index >= 15 is 0 Å². The summed E-state index contributed by atoms with van der Waals surface area (Å²) in [5.41, 5.74) is -1.76. The molecular weight excluding hydrogens is 237 g/mol. The number of esters is 1. The highest BCUT2D eigenvalue weighted by atomic mass is 19.4. The number of hydrogen-bond acceptors (Lipinski definition) is 3. The van der Waals surface area contributed by atoms with E-state index in [2.05, 4.69) is 4.74 Å². The lowest BCUT2D eigenvalue weighted by molar-refractivity contribution is -0.184. The molecular formula is C11H15F3O3. The summed E-state index contributed by atoms with van der Waals surface area (Å²) in [7, 11) is 1.25. The monoisotopic (exact) mass is 252 g/mol. The van der Waals surface area contributed by atoms with E-state index in [9.17, 15) is 18.0 Å². The topological polar surface area (TPSA) is 38.8 Å². The van der Waals surface area contributed by atoms with Crippen LogP contribution in [-0.2, 0) is 14.3 Å². The number of hydrogen-bond donors (Lipinski definition) is 0. The van der Waals surface area contributed by atoms with Crippen LogP contribution in [0.3, 0.4) is 0 Å². The van der Waals surface area contributed by atoms with Crippen LogP contribution in [0, 0.1) is 5.92 Å². The van der Waals surface area contributed by atoms with E-state index in [1.54, 1.807) is 6.92 Å². The fourth-order valence-corrected chi connectivity index (χ4v) is 2.78. The zero-order chi connectivity index (χ0) is 12.9. The Bertz CT molecular complexity index is 331. The first-order valence-corrected chi connectivity index (χ1v) is 5.60. The van der Waals surface area contributed by atoms with Crippen molar-refractivity contribution in [1.29, 1.82) is 0 Å². The molecule has 3 nitrogen and oxygen atoms in total. The van der Waals surface area contributed by atoms with Gasteiger partial charge in [0.05, 0.1) is 13.0 Å². The number of epoxide rings is 1. The highest BCUT2D eigenvalue weighted by Crippen LogP contribution is 2.59. The van der Waals surface area contributed by atoms with Crippen molar-refractivity contribution >= 4 is 5.97 Å². The predicted octanol–water partition coefficient (Wildman–Crippen LogP) is 2.44. The predicted molar refractivity (Wildman–Crippen MR) is 52.3 cm³/mol. The van der Waals surface area contributed by atoms with Crippen LogP contribution in [0.15, 0.2) is 0 Å². The summed E-state index contributed by atoms with van der Waals surface area (Å²) in [5, 5.41) is 0. The molecule has 0 N–H and O–H groups in total. The maximum absolute atomic E-state index is 12.5. The summed E-state index contributed by atoms with van der Waals surface area (Å²) >= 11 is 0. The summed E-state index contributed by atoms with van der Waals surface area (Å²) in [6.07, 6.45) is -3.56. The first-order valence-electron chi connectivity index (χ1n) is 5.60. The molecule has 1 atom stereocenters. The van der Waals surface area contributed by atoms with E-state index in [1.807, 2.05) is 0 Å². The number of ether oxygens (including phenoxy) is 2. The van der Waals surface area contributed by atoms with E-state index in [0.717, 1.165) is 0 Å². The highest BCUT2D eigenvalue weighted by Gasteiger charge is 2.73. The number of halogens is 3. The molecule has 0 amide bonds. The van der Waals surface area contributed by atoms with Gasteiger partial charge >= 0.3 is 12.1 Å². The van der Waals surface area contributed by atoms with Gasteiger partial charge in [-0.05, 0) is 32.6 Å². The minimum absolute atomic E-state index is 0.0239. The number of alkyl halides is 3. The molecule has 1 saturated carbocycles. The number of rotatable bonds is 1. The normalized spacial score (nSPS) is 41.4. The first-order chi connectivity index (χ1) is 7.75. The van der Waals surface area contributed by atoms with Crippen molar-refractivity contribution in [3.8, 4) is 0 Å². The molecule has 6 heteroatoms. The van der Waals surface area contributed by atoms with Gasteiger partial charge in [0.15, 0.2) is 5.60 Å². The van der Waals surface area contributed by atoms with Gasteiger partial charge in [-0.2, -0.15) is 13.2 Å². The Morgan fingerprint density at radius 1 is 1.35 bits per heavy atom. The van der Waals surface area contributed by atoms with Gasteiger partial charge in [0.2, 0.25) is 0 Å². The summed E-state index contributed by atoms with van der Waals surface area (Å²) in [4.78, 5) is 11.5. The fourth-order valence-electron chi connectivity index (χ4n) is 2.78. The lowest BCUT2D eigenvalue weighted by atomic mass is 9.76. The lowest BCUT2D eigenvalue weighted by Crippen LogP contribution is -2.38. The van der Waals surface area contributed by atoms with Crippen LogP contribution in [0.25, 0.3) is 0 Å². The van der Waals surface area contributed by atoms with Crippen LogP contribution in [-0.4, -0.2) is 30.5 Å². The third kappa shape index (κ3) is 1.82. The van der Waals surface area contributed by atoms with E-state index in [4.69, 9.17) is 4.74 Å². The second-order valence-electron chi connectivity index (χ2n) is 4.94. The molecule has 1 heterocycles. The molecule has 1 aliphatic carbocycles. The van der Waals surface area contributed by atoms with Gasteiger partial charge in [0.1, 0.15) is 5.60 Å². The molecule has 1 unspecified atom stereocenters. The largest absolute Gasteiger partial charge is 0.467 e. The molecule has 0 bridgehead atoms. The molecule has 0 aromatic rings. The van der Waals surface area contributed by atoms with Gasteiger partial charge in [0, 0.05) is 0 Å². The van der Waals surface area contributed by atoms with Gasteiger partial charge in [-0.25, -0.2) is 4.79 Å². The maximum atomic E-state index is 12.5. The van der Waals surface area contributed by atoms with Crippen molar-refractivity contribution < 1.29 is 27.4 Å². The van der Waals surface area contributed by atoms with Crippen molar-refractivity contribution in [3.05, 3.63) is 0 Å². The minimum Gasteiger partial charge on any atom is -0.467 e. The van der Waals surface area contributed by atoms with Crippen LogP contribution in [0.5, 0.6) is 0 Å². The Kier molecular flexibility index (Phi) is 2.69. The molecule has 1 saturated heterocycles. The Morgan fingerprint density at radius 3 is 2.29 bits per heavy atom. The van der Waals surface area contributed by atoms with Crippen LogP contribution < -0.4 is 0 Å². The lowest BCUT2D eigenvalue weighted by Gasteiger charge is -2.29. The SMILES string of the molecule is COC(=O)C1(C)OC12CCC(C(F)(F)F)CC2. The summed E-state index contributed by atoms with van der Waals surface area (Å²) in [6, 6.07) is 0. The van der Waals surface area contributed by atoms with E-state index < -0.39 is 29.3 Å². The standard InChI is InChI=1S/C11H15F3O3/c1-9(8(15)16-2)10(17-9)5-3-7(4-6-10)11(12,13)14/h7H,3-6H2,1-2H3. The molecule has 2 fully saturated rings. The fraction of sp³-hybridized carbons (Fsp3) is 0.909. The van der Waals surface area contributed by atoms with Crippen molar-refractivity contribution in [3.63, 3.8) is 0 Å². The number of carbonyl (C=O) groups excluding carboxylic acids is 1. The number of carbonyl (C=O) groups is 1. The molecule has 1 aliphatic heterocycles. The second-order valence-corrected chi connectivity index (χ2v) is 4.94. The van der Waals surface area contributed by atoms with Crippen LogP contribution >= 0.6 is 0 Å². The Hall–Kier alpha value is -0.780. The summed E-state index contributed by atoms with van der Waals surface area (Å²) in [6.45, 7) is 1.59. The molecule has 98 valence electrons. The van der Waals surface area contributed by atoms with Gasteiger partial charge in [-0.1, -0.05) is 0 Å². The molecule has 0 aromatic carbocycles. The van der Waals surface area contributed by atoms with E-state index in [-0.39, 0.29) is 25.7 Å². The molecule has 2 aliphatic rings. The van der Waals surface area contributed by atoms with Crippen LogP contribution in [0.4, 0.5) is 13.2 Å². The van der Waals surface area contributed by atoms with Crippen molar-refractivity contribution in [1.82, 2.24) is 0 Å². The van der Waals surface area contributed by atoms with Crippen molar-refractivity contribution in [2.75, 3.05) is 7.11 Å². The van der Waals surface area contributed by atoms with Gasteiger partial charge in [-0.15, -0.1) is 0 Å². The van der Waals surface area contributed by atoms with Crippen molar-refractivity contribution in [2.45, 2.75) is 50.0 Å². The highest BCUT2D eigenvalue weighted by molar-refractivity contribution is 5.84. The minimum atomic E-state index is -4.14. The molecule has 0 radical (unpaired) electrons. The summed E-state index contributed by atoms with van der Waals surface area (Å²) in [5.74, 6) is -1.76. The quantitative estimate of drug-likeness (QED) is 0.531. The van der Waals surface area contributed by atoms with Gasteiger partial charge in [-0.3, -0.25) is 0 Å². The molecule has 1 spiro atoms. The van der Waals surface area contributed by atoms with Crippen LogP contribution in [0.1, 0.15) is 32.6 Å². The maximum Gasteiger partial charge on any atom is 0.391 e. The van der Waals surface area contributed by atoms with Gasteiger partial charge < -0.3 is 9.47 Å². The van der Waals surface area contributed by atoms with Crippen molar-refractivity contribution in [2.24, 2.45) is 5.92 Å². The molecule has 17 heavy (non-hydrogen) atoms. The zero-order valence-electron chi connectivity index (χ0n) is 9.76. The zero-order valence-corrected chi connectivity index (χ0v) is 9.76. The smallest absolute Gasteiger partial charge is 0.391 e. The Morgan fingerprint density at radius 2 is 1.88 bits per heavy atom. The average molecular weight is 252 g/mol. The third-order valence-electron chi connectivity index (χ3n) is 4.06.